The van der Waals surface area contributed by atoms with E-state index in [1.54, 1.807) is 6.07 Å². The van der Waals surface area contributed by atoms with Gasteiger partial charge in [-0.2, -0.15) is 0 Å². The molecule has 0 unspecified atom stereocenters. The summed E-state index contributed by atoms with van der Waals surface area (Å²) in [5.74, 6) is 0. The molecule has 4 heteroatoms. The zero-order chi connectivity index (χ0) is 27.9. The Morgan fingerprint density at radius 1 is 0.500 bits per heavy atom. The van der Waals surface area contributed by atoms with Gasteiger partial charge in [0.1, 0.15) is 11.2 Å². The third-order valence-electron chi connectivity index (χ3n) is 8.45. The minimum absolute atomic E-state index is 0.614. The highest BCUT2D eigenvalue weighted by Gasteiger charge is 2.20. The van der Waals surface area contributed by atoms with Crippen molar-refractivity contribution in [3.05, 3.63) is 137 Å². The van der Waals surface area contributed by atoms with Gasteiger partial charge in [0.05, 0.1) is 11.0 Å². The first-order valence-electron chi connectivity index (χ1n) is 13.9. The number of rotatable bonds is 2. The van der Waals surface area contributed by atoms with E-state index >= 15 is 0 Å². The van der Waals surface area contributed by atoms with E-state index < -0.39 is 0 Å². The van der Waals surface area contributed by atoms with Crippen LogP contribution in [0.5, 0.6) is 0 Å². The zero-order valence-corrected chi connectivity index (χ0v) is 23.7. The second-order valence-electron chi connectivity index (χ2n) is 10.8. The number of para-hydroxylation sites is 1. The maximum absolute atomic E-state index is 6.52. The van der Waals surface area contributed by atoms with E-state index in [0.29, 0.717) is 10.0 Å². The minimum Gasteiger partial charge on any atom is -0.456 e. The van der Waals surface area contributed by atoms with Crippen molar-refractivity contribution in [3.8, 4) is 16.8 Å². The number of aromatic nitrogens is 1. The molecule has 0 aliphatic heterocycles. The predicted molar refractivity (Wildman–Crippen MR) is 179 cm³/mol. The van der Waals surface area contributed by atoms with Crippen molar-refractivity contribution in [3.63, 3.8) is 0 Å². The van der Waals surface area contributed by atoms with Gasteiger partial charge in [-0.05, 0) is 69.8 Å². The van der Waals surface area contributed by atoms with Crippen LogP contribution < -0.4 is 0 Å². The Morgan fingerprint density at radius 2 is 1.17 bits per heavy atom. The Labute approximate surface area is 250 Å². The van der Waals surface area contributed by atoms with Crippen molar-refractivity contribution < 1.29 is 4.42 Å². The molecule has 0 amide bonds. The molecule has 0 bridgehead atoms. The molecule has 0 aliphatic rings. The molecular weight excluding hydrogens is 557 g/mol. The highest BCUT2D eigenvalue weighted by atomic mass is 35.5. The number of fused-ring (bicyclic) bond motifs is 10. The van der Waals surface area contributed by atoms with Gasteiger partial charge < -0.3 is 8.98 Å². The first-order valence-corrected chi connectivity index (χ1v) is 14.7. The van der Waals surface area contributed by atoms with E-state index in [1.165, 1.54) is 32.4 Å². The van der Waals surface area contributed by atoms with Gasteiger partial charge in [-0.3, -0.25) is 0 Å². The van der Waals surface area contributed by atoms with E-state index in [4.69, 9.17) is 27.6 Å². The molecule has 0 N–H and O–H groups in total. The molecule has 9 aromatic rings. The molecule has 0 saturated heterocycles. The van der Waals surface area contributed by atoms with Crippen LogP contribution in [0, 0.1) is 0 Å². The average Bonchev–Trinajstić information content (AvgIpc) is 3.55. The summed E-state index contributed by atoms with van der Waals surface area (Å²) in [5, 5.41) is 10.6. The Balaban J connectivity index is 1.49. The molecule has 0 aliphatic carbocycles. The van der Waals surface area contributed by atoms with Crippen LogP contribution in [0.1, 0.15) is 0 Å². The third kappa shape index (κ3) is 3.40. The van der Waals surface area contributed by atoms with Gasteiger partial charge >= 0.3 is 0 Å². The second-order valence-corrected chi connectivity index (χ2v) is 11.7. The normalized spacial score (nSPS) is 12.0. The van der Waals surface area contributed by atoms with Crippen LogP contribution in [0.15, 0.2) is 132 Å². The lowest BCUT2D eigenvalue weighted by atomic mass is 9.94. The summed E-state index contributed by atoms with van der Waals surface area (Å²) in [6, 6.07) is 44.5. The van der Waals surface area contributed by atoms with E-state index in [0.717, 1.165) is 49.7 Å². The summed E-state index contributed by atoms with van der Waals surface area (Å²) < 4.78 is 8.74. The minimum atomic E-state index is 0.614. The van der Waals surface area contributed by atoms with Gasteiger partial charge in [0.15, 0.2) is 0 Å². The maximum atomic E-state index is 6.52. The Morgan fingerprint density at radius 3 is 2.00 bits per heavy atom. The monoisotopic (exact) mass is 577 g/mol. The fourth-order valence-corrected chi connectivity index (χ4v) is 7.23. The third-order valence-corrected chi connectivity index (χ3v) is 8.89. The highest BCUT2D eigenvalue weighted by Crippen LogP contribution is 2.44. The number of furan rings is 1. The number of hydrogen-bond donors (Lipinski definition) is 0. The van der Waals surface area contributed by atoms with Crippen molar-refractivity contribution in [2.45, 2.75) is 0 Å². The number of benzene rings is 7. The Hall–Kier alpha value is -4.76. The van der Waals surface area contributed by atoms with E-state index in [-0.39, 0.29) is 0 Å². The molecule has 0 radical (unpaired) electrons. The van der Waals surface area contributed by atoms with Gasteiger partial charge in [0.25, 0.3) is 0 Å². The topological polar surface area (TPSA) is 18.1 Å². The fourth-order valence-electron chi connectivity index (χ4n) is 6.71. The summed E-state index contributed by atoms with van der Waals surface area (Å²) in [4.78, 5) is 0. The Bertz CT molecular complexity index is 2530. The lowest BCUT2D eigenvalue weighted by Gasteiger charge is -2.13. The largest absolute Gasteiger partial charge is 0.456 e. The fraction of sp³-hybridized carbons (Fsp3) is 0. The molecule has 198 valence electrons. The van der Waals surface area contributed by atoms with Crippen LogP contribution in [0.3, 0.4) is 0 Å². The van der Waals surface area contributed by atoms with Gasteiger partial charge in [0, 0.05) is 48.7 Å². The summed E-state index contributed by atoms with van der Waals surface area (Å²) in [7, 11) is 0. The van der Waals surface area contributed by atoms with Crippen LogP contribution in [0.2, 0.25) is 10.0 Å². The van der Waals surface area contributed by atoms with Gasteiger partial charge in [-0.1, -0.05) is 102 Å². The number of halogens is 2. The van der Waals surface area contributed by atoms with Crippen molar-refractivity contribution >= 4 is 88.5 Å². The summed E-state index contributed by atoms with van der Waals surface area (Å²) in [5.41, 5.74) is 7.16. The first-order chi connectivity index (χ1) is 20.6. The van der Waals surface area contributed by atoms with Gasteiger partial charge in [0.2, 0.25) is 0 Å². The van der Waals surface area contributed by atoms with E-state index in [2.05, 4.69) is 102 Å². The van der Waals surface area contributed by atoms with Crippen molar-refractivity contribution in [1.29, 1.82) is 0 Å². The number of nitrogens with zero attached hydrogens (tertiary/aromatic N) is 1. The van der Waals surface area contributed by atoms with Gasteiger partial charge in [-0.25, -0.2) is 0 Å². The first kappa shape index (κ1) is 23.9. The smallest absolute Gasteiger partial charge is 0.137 e. The van der Waals surface area contributed by atoms with Crippen LogP contribution in [0.25, 0.3) is 82.1 Å². The van der Waals surface area contributed by atoms with Crippen molar-refractivity contribution in [2.24, 2.45) is 0 Å². The predicted octanol–water partition coefficient (Wildman–Crippen LogP) is 12.0. The molecule has 0 fully saturated rings. The Kier molecular flexibility index (Phi) is 5.05. The molecule has 0 saturated carbocycles. The van der Waals surface area contributed by atoms with Crippen LogP contribution in [-0.4, -0.2) is 4.57 Å². The lowest BCUT2D eigenvalue weighted by molar-refractivity contribution is 0.668. The highest BCUT2D eigenvalue weighted by molar-refractivity contribution is 6.35. The second kappa shape index (κ2) is 8.87. The average molecular weight is 578 g/mol. The van der Waals surface area contributed by atoms with Crippen molar-refractivity contribution in [2.75, 3.05) is 0 Å². The summed E-state index contributed by atoms with van der Waals surface area (Å²) in [6.45, 7) is 0. The van der Waals surface area contributed by atoms with Crippen LogP contribution in [0.4, 0.5) is 0 Å². The summed E-state index contributed by atoms with van der Waals surface area (Å²) >= 11 is 13.0. The molecule has 0 spiro atoms. The standard InChI is InChI=1S/C38H21Cl2NO/c39-24-17-23(18-25(40)19-24)33-21-34-37(31-11-4-3-9-28(31)33)32-15-13-22-7-1-2-8-27(22)38(32)41(34)26-14-16-30-29-10-5-6-12-35(29)42-36(30)20-26/h1-21H. The lowest BCUT2D eigenvalue weighted by Crippen LogP contribution is -1.95. The number of hydrogen-bond acceptors (Lipinski definition) is 1. The molecule has 42 heavy (non-hydrogen) atoms. The van der Waals surface area contributed by atoms with Gasteiger partial charge in [-0.15, -0.1) is 0 Å². The molecular formula is C38H21Cl2NO. The molecule has 9 rings (SSSR count). The molecule has 2 nitrogen and oxygen atoms in total. The summed E-state index contributed by atoms with van der Waals surface area (Å²) in [6.07, 6.45) is 0. The SMILES string of the molecule is Clc1cc(Cl)cc(-c2cc3c(c4ccccc24)c2ccc4ccccc4c2n3-c2ccc3c(c2)oc2ccccc23)c1. The van der Waals surface area contributed by atoms with E-state index in [9.17, 15) is 0 Å². The molecule has 0 atom stereocenters. The molecule has 7 aromatic carbocycles. The quantitative estimate of drug-likeness (QED) is 0.200. The van der Waals surface area contributed by atoms with E-state index in [1.807, 2.05) is 24.3 Å². The zero-order valence-electron chi connectivity index (χ0n) is 22.2. The maximum Gasteiger partial charge on any atom is 0.137 e. The molecule has 2 aromatic heterocycles. The molecule has 2 heterocycles. The van der Waals surface area contributed by atoms with Crippen LogP contribution >= 0.6 is 23.2 Å². The van der Waals surface area contributed by atoms with Crippen molar-refractivity contribution in [1.82, 2.24) is 4.57 Å². The van der Waals surface area contributed by atoms with Crippen LogP contribution in [-0.2, 0) is 0 Å².